The number of carbonyl (C=O) groups excluding carboxylic acids is 1. The van der Waals surface area contributed by atoms with Crippen LogP contribution >= 0.6 is 0 Å². The molecule has 0 unspecified atom stereocenters. The SMILES string of the molecule is NC(=O)CC[C@H](NCc1ccc(F)c(F)c1)C(=O)O. The molecule has 5 nitrogen and oxygen atoms in total. The zero-order chi connectivity index (χ0) is 14.4. The van der Waals surface area contributed by atoms with Crippen LogP contribution in [0.25, 0.3) is 0 Å². The van der Waals surface area contributed by atoms with Gasteiger partial charge in [-0.1, -0.05) is 6.07 Å². The van der Waals surface area contributed by atoms with Gasteiger partial charge in [0.1, 0.15) is 6.04 Å². The molecule has 0 radical (unpaired) electrons. The first kappa shape index (κ1) is 15.0. The lowest BCUT2D eigenvalue weighted by Gasteiger charge is -2.13. The van der Waals surface area contributed by atoms with Crippen LogP contribution in [-0.2, 0) is 16.1 Å². The highest BCUT2D eigenvalue weighted by molar-refractivity contribution is 5.77. The van der Waals surface area contributed by atoms with E-state index in [0.717, 1.165) is 12.1 Å². The standard InChI is InChI=1S/C12H14F2N2O3/c13-8-2-1-7(5-9(8)14)6-16-10(12(18)19)3-4-11(15)17/h1-2,5,10,16H,3-4,6H2,(H2,15,17)(H,18,19)/t10-/m0/s1. The van der Waals surface area contributed by atoms with E-state index in [1.54, 1.807) is 0 Å². The van der Waals surface area contributed by atoms with Gasteiger partial charge < -0.3 is 16.2 Å². The summed E-state index contributed by atoms with van der Waals surface area (Å²) in [4.78, 5) is 21.5. The molecule has 0 aliphatic carbocycles. The molecule has 0 saturated heterocycles. The van der Waals surface area contributed by atoms with Gasteiger partial charge in [-0.15, -0.1) is 0 Å². The first-order chi connectivity index (χ1) is 8.90. The van der Waals surface area contributed by atoms with Crippen LogP contribution in [0.5, 0.6) is 0 Å². The molecule has 0 bridgehead atoms. The molecule has 104 valence electrons. The summed E-state index contributed by atoms with van der Waals surface area (Å²) in [5, 5.41) is 11.6. The smallest absolute Gasteiger partial charge is 0.320 e. The normalized spacial score (nSPS) is 12.1. The minimum absolute atomic E-state index is 0.0361. The lowest BCUT2D eigenvalue weighted by molar-refractivity contribution is -0.139. The van der Waals surface area contributed by atoms with Crippen molar-refractivity contribution in [1.29, 1.82) is 0 Å². The van der Waals surface area contributed by atoms with E-state index >= 15 is 0 Å². The van der Waals surface area contributed by atoms with Gasteiger partial charge in [-0.25, -0.2) is 8.78 Å². The molecule has 1 aromatic rings. The van der Waals surface area contributed by atoms with Crippen LogP contribution in [0.4, 0.5) is 8.78 Å². The van der Waals surface area contributed by atoms with Crippen molar-refractivity contribution in [2.45, 2.75) is 25.4 Å². The Morgan fingerprint density at radius 3 is 2.53 bits per heavy atom. The lowest BCUT2D eigenvalue weighted by atomic mass is 10.1. The molecular formula is C12H14F2N2O3. The Balaban J connectivity index is 2.57. The Bertz CT molecular complexity index is 480. The van der Waals surface area contributed by atoms with E-state index < -0.39 is 29.6 Å². The molecular weight excluding hydrogens is 258 g/mol. The summed E-state index contributed by atoms with van der Waals surface area (Å²) < 4.78 is 25.6. The number of carboxylic acid groups (broad SMARTS) is 1. The molecule has 1 rings (SSSR count). The molecule has 0 saturated carbocycles. The summed E-state index contributed by atoms with van der Waals surface area (Å²) >= 11 is 0. The number of hydrogen-bond acceptors (Lipinski definition) is 3. The minimum atomic E-state index is -1.14. The van der Waals surface area contributed by atoms with Gasteiger partial charge in [-0.05, 0) is 24.1 Å². The highest BCUT2D eigenvalue weighted by Gasteiger charge is 2.17. The minimum Gasteiger partial charge on any atom is -0.480 e. The third-order valence-electron chi connectivity index (χ3n) is 2.51. The van der Waals surface area contributed by atoms with Crippen LogP contribution < -0.4 is 11.1 Å². The number of rotatable bonds is 7. The maximum absolute atomic E-state index is 12.9. The van der Waals surface area contributed by atoms with E-state index in [0.29, 0.717) is 5.56 Å². The molecule has 4 N–H and O–H groups in total. The molecule has 19 heavy (non-hydrogen) atoms. The zero-order valence-electron chi connectivity index (χ0n) is 10.0. The van der Waals surface area contributed by atoms with Crippen molar-refractivity contribution >= 4 is 11.9 Å². The summed E-state index contributed by atoms with van der Waals surface area (Å²) in [6.07, 6.45) is -0.0317. The van der Waals surface area contributed by atoms with E-state index in [1.807, 2.05) is 0 Å². The van der Waals surface area contributed by atoms with Crippen LogP contribution in [0.1, 0.15) is 18.4 Å². The van der Waals surface area contributed by atoms with Gasteiger partial charge in [-0.2, -0.15) is 0 Å². The lowest BCUT2D eigenvalue weighted by Crippen LogP contribution is -2.37. The Labute approximate surface area is 108 Å². The van der Waals surface area contributed by atoms with Crippen molar-refractivity contribution in [3.8, 4) is 0 Å². The number of primary amides is 1. The molecule has 0 aromatic heterocycles. The summed E-state index contributed by atoms with van der Waals surface area (Å²) in [6.45, 7) is 0.0485. The van der Waals surface area contributed by atoms with Crippen molar-refractivity contribution in [3.63, 3.8) is 0 Å². The van der Waals surface area contributed by atoms with Crippen molar-refractivity contribution in [1.82, 2.24) is 5.32 Å². The molecule has 0 aliphatic heterocycles. The van der Waals surface area contributed by atoms with Crippen molar-refractivity contribution in [2.75, 3.05) is 0 Å². The number of nitrogens with two attached hydrogens (primary N) is 1. The molecule has 0 spiro atoms. The Morgan fingerprint density at radius 2 is 2.00 bits per heavy atom. The van der Waals surface area contributed by atoms with Crippen LogP contribution in [0, 0.1) is 11.6 Å². The number of benzene rings is 1. The van der Waals surface area contributed by atoms with E-state index in [4.69, 9.17) is 10.8 Å². The van der Waals surface area contributed by atoms with Gasteiger partial charge in [0.05, 0.1) is 0 Å². The second kappa shape index (κ2) is 6.79. The summed E-state index contributed by atoms with van der Waals surface area (Å²) in [7, 11) is 0. The maximum Gasteiger partial charge on any atom is 0.320 e. The number of halogens is 2. The fraction of sp³-hybridized carbons (Fsp3) is 0.333. The third kappa shape index (κ3) is 5.01. The van der Waals surface area contributed by atoms with E-state index in [2.05, 4.69) is 5.32 Å². The Morgan fingerprint density at radius 1 is 1.32 bits per heavy atom. The molecule has 0 heterocycles. The third-order valence-corrected chi connectivity index (χ3v) is 2.51. The number of carboxylic acids is 1. The van der Waals surface area contributed by atoms with Gasteiger partial charge in [0.2, 0.25) is 5.91 Å². The molecule has 1 amide bonds. The van der Waals surface area contributed by atoms with Gasteiger partial charge in [-0.3, -0.25) is 9.59 Å². The van der Waals surface area contributed by atoms with E-state index in [1.165, 1.54) is 6.07 Å². The van der Waals surface area contributed by atoms with Crippen LogP contribution in [0.3, 0.4) is 0 Å². The average Bonchev–Trinajstić information content (AvgIpc) is 2.32. The predicted octanol–water partition coefficient (Wildman–Crippen LogP) is 0.773. The summed E-state index contributed by atoms with van der Waals surface area (Å²) in [5.74, 6) is -3.69. The molecule has 7 heteroatoms. The molecule has 0 fully saturated rings. The number of amides is 1. The largest absolute Gasteiger partial charge is 0.480 e. The van der Waals surface area contributed by atoms with Crippen molar-refractivity contribution in [2.24, 2.45) is 5.73 Å². The number of aliphatic carboxylic acids is 1. The predicted molar refractivity (Wildman–Crippen MR) is 63.0 cm³/mol. The first-order valence-corrected chi connectivity index (χ1v) is 5.58. The van der Waals surface area contributed by atoms with E-state index in [9.17, 15) is 18.4 Å². The zero-order valence-corrected chi connectivity index (χ0v) is 10.0. The first-order valence-electron chi connectivity index (χ1n) is 5.58. The van der Waals surface area contributed by atoms with Gasteiger partial charge >= 0.3 is 5.97 Å². The van der Waals surface area contributed by atoms with Gasteiger partial charge in [0, 0.05) is 13.0 Å². The van der Waals surface area contributed by atoms with Crippen LogP contribution in [-0.4, -0.2) is 23.0 Å². The monoisotopic (exact) mass is 272 g/mol. The van der Waals surface area contributed by atoms with Gasteiger partial charge in [0.25, 0.3) is 0 Å². The topological polar surface area (TPSA) is 92.4 Å². The van der Waals surface area contributed by atoms with Gasteiger partial charge in [0.15, 0.2) is 11.6 Å². The van der Waals surface area contributed by atoms with Crippen LogP contribution in [0.15, 0.2) is 18.2 Å². The average molecular weight is 272 g/mol. The number of hydrogen-bond donors (Lipinski definition) is 3. The number of carbonyl (C=O) groups is 2. The van der Waals surface area contributed by atoms with Crippen LogP contribution in [0.2, 0.25) is 0 Å². The highest BCUT2D eigenvalue weighted by atomic mass is 19.2. The fourth-order valence-electron chi connectivity index (χ4n) is 1.49. The quantitative estimate of drug-likeness (QED) is 0.683. The second-order valence-corrected chi connectivity index (χ2v) is 4.03. The summed E-state index contributed by atoms with van der Waals surface area (Å²) in [5.41, 5.74) is 5.34. The maximum atomic E-state index is 12.9. The number of nitrogens with one attached hydrogen (secondary N) is 1. The fourth-order valence-corrected chi connectivity index (χ4v) is 1.49. The van der Waals surface area contributed by atoms with Crippen molar-refractivity contribution < 1.29 is 23.5 Å². The molecule has 1 aromatic carbocycles. The Kier molecular flexibility index (Phi) is 5.37. The summed E-state index contributed by atoms with van der Waals surface area (Å²) in [6, 6.07) is 2.32. The molecule has 0 aliphatic rings. The van der Waals surface area contributed by atoms with E-state index in [-0.39, 0.29) is 19.4 Å². The highest BCUT2D eigenvalue weighted by Crippen LogP contribution is 2.09. The second-order valence-electron chi connectivity index (χ2n) is 4.03. The molecule has 1 atom stereocenters. The Hall–Kier alpha value is -2.02. The van der Waals surface area contributed by atoms with Crippen molar-refractivity contribution in [3.05, 3.63) is 35.4 Å².